The van der Waals surface area contributed by atoms with Gasteiger partial charge in [-0.05, 0) is 80.9 Å². The molecule has 5 aliphatic rings. The minimum atomic E-state index is -0.502. The Bertz CT molecular complexity index is 1020. The van der Waals surface area contributed by atoms with Gasteiger partial charge in [-0.3, -0.25) is 4.79 Å². The van der Waals surface area contributed by atoms with E-state index in [0.29, 0.717) is 18.2 Å². The van der Waals surface area contributed by atoms with Crippen molar-refractivity contribution in [3.05, 3.63) is 30.0 Å². The van der Waals surface area contributed by atoms with Crippen LogP contribution in [0.5, 0.6) is 0 Å². The quantitative estimate of drug-likeness (QED) is 0.766. The number of aromatic nitrogens is 1. The fraction of sp³-hybridized carbons (Fsp3) is 0.667. The molecule has 3 atom stereocenters. The van der Waals surface area contributed by atoms with Crippen LogP contribution in [-0.2, 0) is 11.8 Å². The van der Waals surface area contributed by atoms with E-state index in [2.05, 4.69) is 52.7 Å². The van der Waals surface area contributed by atoms with Gasteiger partial charge in [-0.1, -0.05) is 13.0 Å². The molecule has 1 aromatic carbocycles. The zero-order chi connectivity index (χ0) is 22.0. The van der Waals surface area contributed by atoms with Gasteiger partial charge in [0, 0.05) is 55.9 Å². The molecule has 5 fully saturated rings. The van der Waals surface area contributed by atoms with Crippen LogP contribution in [0.1, 0.15) is 76.2 Å². The molecule has 5 heteroatoms. The Morgan fingerprint density at radius 3 is 2.53 bits per heavy atom. The molecule has 0 spiro atoms. The van der Waals surface area contributed by atoms with Crippen LogP contribution in [-0.4, -0.2) is 51.3 Å². The van der Waals surface area contributed by atoms with Crippen molar-refractivity contribution in [3.8, 4) is 0 Å². The van der Waals surface area contributed by atoms with Crippen LogP contribution < -0.4 is 4.90 Å². The minimum absolute atomic E-state index is 0.178. The van der Waals surface area contributed by atoms with Crippen molar-refractivity contribution in [2.45, 2.75) is 88.3 Å². The second-order valence-corrected chi connectivity index (χ2v) is 11.3. The van der Waals surface area contributed by atoms with Crippen LogP contribution in [0.3, 0.4) is 0 Å². The SMILES string of the molecule is CC(CC(=O)N1C2CC3CC1CC(O)(C3)C2)c1cn(C)c2cccc(N3CCCCC3)c12. The van der Waals surface area contributed by atoms with Gasteiger partial charge in [0.15, 0.2) is 0 Å². The number of benzene rings is 1. The van der Waals surface area contributed by atoms with Gasteiger partial charge in [0.25, 0.3) is 0 Å². The molecule has 4 bridgehead atoms. The zero-order valence-corrected chi connectivity index (χ0v) is 19.6. The Morgan fingerprint density at radius 2 is 1.84 bits per heavy atom. The van der Waals surface area contributed by atoms with Gasteiger partial charge in [0.1, 0.15) is 0 Å². The van der Waals surface area contributed by atoms with Gasteiger partial charge in [-0.2, -0.15) is 0 Å². The third-order valence-electron chi connectivity index (χ3n) is 8.92. The van der Waals surface area contributed by atoms with E-state index in [-0.39, 0.29) is 18.0 Å². The molecule has 3 aliphatic heterocycles. The van der Waals surface area contributed by atoms with E-state index in [1.165, 1.54) is 41.4 Å². The number of fused-ring (bicyclic) bond motifs is 1. The Kier molecular flexibility index (Phi) is 4.83. The number of carbonyl (C=O) groups is 1. The summed E-state index contributed by atoms with van der Waals surface area (Å²) < 4.78 is 2.23. The fourth-order valence-electron chi connectivity index (χ4n) is 7.70. The smallest absolute Gasteiger partial charge is 0.223 e. The standard InChI is InChI=1S/C27H37N3O2/c1-18(11-25(31)30-20-12-19-13-21(30)16-27(32,14-19)15-20)22-17-28(2)23-7-6-8-24(26(22)23)29-9-4-3-5-10-29/h6-8,17-21,32H,3-5,9-16H2,1-2H3. The molecule has 1 aromatic heterocycles. The topological polar surface area (TPSA) is 48.7 Å². The maximum absolute atomic E-state index is 13.6. The lowest BCUT2D eigenvalue weighted by Gasteiger charge is -2.59. The number of hydrogen-bond donors (Lipinski definition) is 1. The van der Waals surface area contributed by atoms with E-state index in [1.54, 1.807) is 0 Å². The Hall–Kier alpha value is -2.01. The van der Waals surface area contributed by atoms with E-state index in [9.17, 15) is 9.90 Å². The molecule has 7 rings (SSSR count). The van der Waals surface area contributed by atoms with Gasteiger partial charge in [-0.15, -0.1) is 0 Å². The molecule has 3 unspecified atom stereocenters. The summed E-state index contributed by atoms with van der Waals surface area (Å²) in [6, 6.07) is 7.16. The maximum Gasteiger partial charge on any atom is 0.223 e. The average Bonchev–Trinajstić information content (AvgIpc) is 3.10. The van der Waals surface area contributed by atoms with Gasteiger partial charge in [0.2, 0.25) is 5.91 Å². The first-order chi connectivity index (χ1) is 15.4. The van der Waals surface area contributed by atoms with Crippen LogP contribution in [0.15, 0.2) is 24.4 Å². The molecule has 4 heterocycles. The summed E-state index contributed by atoms with van der Waals surface area (Å²) >= 11 is 0. The van der Waals surface area contributed by atoms with Crippen molar-refractivity contribution in [3.63, 3.8) is 0 Å². The molecule has 2 aliphatic carbocycles. The predicted molar refractivity (Wildman–Crippen MR) is 128 cm³/mol. The van der Waals surface area contributed by atoms with Gasteiger partial charge in [0.05, 0.1) is 11.1 Å². The number of nitrogens with zero attached hydrogens (tertiary/aromatic N) is 3. The number of aryl methyl sites for hydroxylation is 1. The Morgan fingerprint density at radius 1 is 1.12 bits per heavy atom. The van der Waals surface area contributed by atoms with Gasteiger partial charge in [-0.25, -0.2) is 0 Å². The van der Waals surface area contributed by atoms with Crippen molar-refractivity contribution in [1.29, 1.82) is 0 Å². The monoisotopic (exact) mass is 435 g/mol. The molecule has 2 aromatic rings. The van der Waals surface area contributed by atoms with Crippen LogP contribution in [0.25, 0.3) is 10.9 Å². The summed E-state index contributed by atoms with van der Waals surface area (Å²) in [7, 11) is 2.13. The van der Waals surface area contributed by atoms with Crippen molar-refractivity contribution >= 4 is 22.5 Å². The van der Waals surface area contributed by atoms with Crippen LogP contribution >= 0.6 is 0 Å². The molecule has 0 radical (unpaired) electrons. The number of anilines is 1. The normalized spacial score (nSPS) is 32.7. The fourth-order valence-corrected chi connectivity index (χ4v) is 7.70. The first-order valence-electron chi connectivity index (χ1n) is 12.8. The molecule has 2 saturated carbocycles. The Balaban J connectivity index is 1.27. The van der Waals surface area contributed by atoms with E-state index < -0.39 is 5.60 Å². The van der Waals surface area contributed by atoms with Crippen LogP contribution in [0, 0.1) is 5.92 Å². The lowest BCUT2D eigenvalue weighted by atomic mass is 9.61. The first-order valence-corrected chi connectivity index (χ1v) is 12.8. The zero-order valence-electron chi connectivity index (χ0n) is 19.6. The number of aliphatic hydroxyl groups is 1. The highest BCUT2D eigenvalue weighted by molar-refractivity contribution is 5.97. The van der Waals surface area contributed by atoms with Crippen molar-refractivity contribution in [1.82, 2.24) is 9.47 Å². The number of carbonyl (C=O) groups excluding carboxylic acids is 1. The lowest BCUT2D eigenvalue weighted by Crippen LogP contribution is -2.65. The number of piperidine rings is 3. The van der Waals surface area contributed by atoms with E-state index in [1.807, 2.05) is 0 Å². The largest absolute Gasteiger partial charge is 0.390 e. The van der Waals surface area contributed by atoms with E-state index in [0.717, 1.165) is 45.2 Å². The number of amides is 1. The van der Waals surface area contributed by atoms with Gasteiger partial charge >= 0.3 is 0 Å². The summed E-state index contributed by atoms with van der Waals surface area (Å²) in [4.78, 5) is 18.3. The van der Waals surface area contributed by atoms with E-state index in [4.69, 9.17) is 0 Å². The molecule has 32 heavy (non-hydrogen) atoms. The van der Waals surface area contributed by atoms with Crippen LogP contribution in [0.2, 0.25) is 0 Å². The van der Waals surface area contributed by atoms with Gasteiger partial charge < -0.3 is 19.5 Å². The second-order valence-electron chi connectivity index (χ2n) is 11.3. The third kappa shape index (κ3) is 3.27. The summed E-state index contributed by atoms with van der Waals surface area (Å²) in [6.45, 7) is 4.48. The summed E-state index contributed by atoms with van der Waals surface area (Å²) in [5, 5.41) is 12.2. The predicted octanol–water partition coefficient (Wildman–Crippen LogP) is 4.57. The molecule has 172 valence electrons. The molecule has 1 N–H and O–H groups in total. The maximum atomic E-state index is 13.6. The third-order valence-corrected chi connectivity index (χ3v) is 8.92. The molecule has 1 amide bonds. The van der Waals surface area contributed by atoms with Crippen molar-refractivity contribution in [2.24, 2.45) is 13.0 Å². The lowest BCUT2D eigenvalue weighted by molar-refractivity contribution is -0.174. The second kappa shape index (κ2) is 7.51. The molecule has 3 saturated heterocycles. The minimum Gasteiger partial charge on any atom is -0.390 e. The summed E-state index contributed by atoms with van der Waals surface area (Å²) in [6.07, 6.45) is 11.4. The summed E-state index contributed by atoms with van der Waals surface area (Å²) in [5.41, 5.74) is 3.41. The average molecular weight is 436 g/mol. The summed E-state index contributed by atoms with van der Waals surface area (Å²) in [5.74, 6) is 1.09. The number of hydrogen-bond acceptors (Lipinski definition) is 3. The molecular weight excluding hydrogens is 398 g/mol. The first kappa shape index (κ1) is 20.6. The van der Waals surface area contributed by atoms with Crippen LogP contribution in [0.4, 0.5) is 5.69 Å². The molecular formula is C27H37N3O2. The Labute approximate surface area is 191 Å². The van der Waals surface area contributed by atoms with Crippen molar-refractivity contribution in [2.75, 3.05) is 18.0 Å². The highest BCUT2D eigenvalue weighted by Gasteiger charge is 2.54. The van der Waals surface area contributed by atoms with E-state index >= 15 is 0 Å². The van der Waals surface area contributed by atoms with Crippen molar-refractivity contribution < 1.29 is 9.90 Å². The highest BCUT2D eigenvalue weighted by atomic mass is 16.3. The molecule has 5 nitrogen and oxygen atoms in total. The number of rotatable bonds is 4. The highest BCUT2D eigenvalue weighted by Crippen LogP contribution is 2.51.